The molecule has 0 aromatic heterocycles. The topological polar surface area (TPSA) is 32.5 Å². The van der Waals surface area contributed by atoms with Crippen LogP contribution in [0.4, 0.5) is 4.39 Å². The third-order valence-electron chi connectivity index (χ3n) is 4.37. The maximum Gasteiger partial charge on any atom is 0.124 e. The van der Waals surface area contributed by atoms with Crippen molar-refractivity contribution in [3.05, 3.63) is 34.1 Å². The highest BCUT2D eigenvalue weighted by Gasteiger charge is 2.31. The van der Waals surface area contributed by atoms with Crippen LogP contribution in [-0.4, -0.2) is 48.6 Å². The first kappa shape index (κ1) is 15.9. The van der Waals surface area contributed by atoms with Crippen molar-refractivity contribution in [2.24, 2.45) is 5.73 Å². The monoisotopic (exact) mass is 343 g/mol. The third-order valence-corrected chi connectivity index (χ3v) is 5.06. The van der Waals surface area contributed by atoms with Crippen molar-refractivity contribution in [3.63, 3.8) is 0 Å². The van der Waals surface area contributed by atoms with Crippen molar-refractivity contribution in [2.45, 2.75) is 32.0 Å². The van der Waals surface area contributed by atoms with Gasteiger partial charge >= 0.3 is 0 Å². The van der Waals surface area contributed by atoms with Crippen molar-refractivity contribution in [3.8, 4) is 0 Å². The molecule has 0 saturated carbocycles. The Morgan fingerprint density at radius 3 is 2.45 bits per heavy atom. The van der Waals surface area contributed by atoms with Crippen LogP contribution in [0.1, 0.15) is 25.5 Å². The maximum absolute atomic E-state index is 13.3. The highest BCUT2D eigenvalue weighted by Crippen LogP contribution is 2.30. The molecule has 1 saturated heterocycles. The van der Waals surface area contributed by atoms with Gasteiger partial charge in [-0.1, -0.05) is 22.0 Å². The number of benzene rings is 1. The van der Waals surface area contributed by atoms with E-state index in [1.165, 1.54) is 12.1 Å². The summed E-state index contributed by atoms with van der Waals surface area (Å²) in [5.74, 6) is -0.225. The first-order valence-electron chi connectivity index (χ1n) is 7.05. The Bertz CT molecular complexity index is 456. The molecule has 0 radical (unpaired) electrons. The normalized spacial score (nSPS) is 26.7. The fourth-order valence-corrected chi connectivity index (χ4v) is 3.56. The van der Waals surface area contributed by atoms with Gasteiger partial charge in [-0.25, -0.2) is 4.39 Å². The zero-order valence-corrected chi connectivity index (χ0v) is 13.9. The minimum Gasteiger partial charge on any atom is -0.329 e. The van der Waals surface area contributed by atoms with Gasteiger partial charge in [0.15, 0.2) is 0 Å². The lowest BCUT2D eigenvalue weighted by Crippen LogP contribution is -2.56. The first-order chi connectivity index (χ1) is 9.43. The number of rotatable bonds is 3. The van der Waals surface area contributed by atoms with Crippen LogP contribution >= 0.6 is 15.9 Å². The van der Waals surface area contributed by atoms with Crippen molar-refractivity contribution in [1.82, 2.24) is 9.80 Å². The number of nitrogens with zero attached hydrogens (tertiary/aromatic N) is 2. The zero-order chi connectivity index (χ0) is 14.9. The molecule has 0 aliphatic carbocycles. The molecule has 2 N–H and O–H groups in total. The van der Waals surface area contributed by atoms with Gasteiger partial charge in [-0.2, -0.15) is 0 Å². The van der Waals surface area contributed by atoms with E-state index in [9.17, 15) is 4.39 Å². The van der Waals surface area contributed by atoms with Crippen LogP contribution in [0.5, 0.6) is 0 Å². The van der Waals surface area contributed by atoms with Crippen LogP contribution in [0, 0.1) is 5.82 Å². The van der Waals surface area contributed by atoms with Gasteiger partial charge in [-0.15, -0.1) is 0 Å². The highest BCUT2D eigenvalue weighted by molar-refractivity contribution is 9.10. The Morgan fingerprint density at radius 2 is 1.95 bits per heavy atom. The van der Waals surface area contributed by atoms with E-state index in [2.05, 4.69) is 46.6 Å². The molecule has 1 heterocycles. The van der Waals surface area contributed by atoms with Crippen LogP contribution in [0.25, 0.3) is 0 Å². The summed E-state index contributed by atoms with van der Waals surface area (Å²) in [6.45, 7) is 6.96. The molecule has 1 fully saturated rings. The minimum absolute atomic E-state index is 0.128. The molecule has 1 aliphatic rings. The summed E-state index contributed by atoms with van der Waals surface area (Å²) in [6, 6.07) is 5.97. The largest absolute Gasteiger partial charge is 0.329 e. The Labute approximate surface area is 129 Å². The number of hydrogen-bond donors (Lipinski definition) is 1. The Morgan fingerprint density at radius 1 is 1.35 bits per heavy atom. The molecule has 1 aliphatic heterocycles. The van der Waals surface area contributed by atoms with E-state index in [0.717, 1.165) is 23.1 Å². The Balaban J connectivity index is 2.24. The summed E-state index contributed by atoms with van der Waals surface area (Å²) in [6.07, 6.45) is 0. The van der Waals surface area contributed by atoms with Gasteiger partial charge in [0.1, 0.15) is 5.82 Å². The van der Waals surface area contributed by atoms with Gasteiger partial charge in [-0.05, 0) is 38.6 Å². The van der Waals surface area contributed by atoms with Gasteiger partial charge in [0.2, 0.25) is 0 Å². The number of piperazine rings is 1. The predicted octanol–water partition coefficient (Wildman–Crippen LogP) is 2.61. The molecule has 1 aromatic carbocycles. The highest BCUT2D eigenvalue weighted by atomic mass is 79.9. The molecule has 112 valence electrons. The van der Waals surface area contributed by atoms with Crippen LogP contribution in [0.3, 0.4) is 0 Å². The van der Waals surface area contributed by atoms with E-state index in [4.69, 9.17) is 5.73 Å². The third kappa shape index (κ3) is 3.22. The Kier molecular flexibility index (Phi) is 5.18. The first-order valence-corrected chi connectivity index (χ1v) is 7.84. The molecule has 3 unspecified atom stereocenters. The molecule has 0 bridgehead atoms. The van der Waals surface area contributed by atoms with Crippen LogP contribution in [0.15, 0.2) is 22.7 Å². The van der Waals surface area contributed by atoms with E-state index in [1.54, 1.807) is 0 Å². The molecule has 0 spiro atoms. The lowest BCUT2D eigenvalue weighted by molar-refractivity contribution is 0.0350. The van der Waals surface area contributed by atoms with Crippen molar-refractivity contribution >= 4 is 15.9 Å². The number of hydrogen-bond acceptors (Lipinski definition) is 3. The summed E-state index contributed by atoms with van der Waals surface area (Å²) < 4.78 is 14.0. The number of nitrogens with two attached hydrogens (primary N) is 1. The van der Waals surface area contributed by atoms with Gasteiger partial charge in [0.05, 0.1) is 0 Å². The zero-order valence-electron chi connectivity index (χ0n) is 12.3. The standard InChI is InChI=1S/C15H23BrFN3/c1-10-8-20(9-11(2)19(10)3)15(7-18)13-5-4-12(17)6-14(13)16/h4-6,10-11,15H,7-9,18H2,1-3H3. The predicted molar refractivity (Wildman–Crippen MR) is 84.2 cm³/mol. The van der Waals surface area contributed by atoms with Crippen molar-refractivity contribution in [2.75, 3.05) is 26.7 Å². The second-order valence-electron chi connectivity index (χ2n) is 5.73. The van der Waals surface area contributed by atoms with Gasteiger partial charge in [-0.3, -0.25) is 9.80 Å². The van der Waals surface area contributed by atoms with Gasteiger partial charge in [0.25, 0.3) is 0 Å². The Hall–Kier alpha value is -0.490. The minimum atomic E-state index is -0.225. The fourth-order valence-electron chi connectivity index (χ4n) is 2.94. The average Bonchev–Trinajstić information content (AvgIpc) is 2.39. The summed E-state index contributed by atoms with van der Waals surface area (Å²) >= 11 is 3.46. The van der Waals surface area contributed by atoms with E-state index in [-0.39, 0.29) is 11.9 Å². The van der Waals surface area contributed by atoms with E-state index >= 15 is 0 Å². The molecule has 5 heteroatoms. The molecular weight excluding hydrogens is 321 g/mol. The summed E-state index contributed by atoms with van der Waals surface area (Å²) in [7, 11) is 2.16. The second-order valence-corrected chi connectivity index (χ2v) is 6.59. The molecular formula is C15H23BrFN3. The van der Waals surface area contributed by atoms with Crippen LogP contribution in [-0.2, 0) is 0 Å². The maximum atomic E-state index is 13.3. The van der Waals surface area contributed by atoms with Gasteiger partial charge in [0, 0.05) is 42.2 Å². The smallest absolute Gasteiger partial charge is 0.124 e. The number of halogens is 2. The van der Waals surface area contributed by atoms with E-state index in [0.29, 0.717) is 18.6 Å². The van der Waals surface area contributed by atoms with E-state index < -0.39 is 0 Å². The molecule has 3 atom stereocenters. The fraction of sp³-hybridized carbons (Fsp3) is 0.600. The summed E-state index contributed by atoms with van der Waals surface area (Å²) in [4.78, 5) is 4.80. The quantitative estimate of drug-likeness (QED) is 0.915. The molecule has 3 nitrogen and oxygen atoms in total. The van der Waals surface area contributed by atoms with Crippen LogP contribution < -0.4 is 5.73 Å². The summed E-state index contributed by atoms with van der Waals surface area (Å²) in [5.41, 5.74) is 7.07. The molecule has 0 amide bonds. The number of likely N-dealkylation sites (N-methyl/N-ethyl adjacent to an activating group) is 1. The molecule has 2 rings (SSSR count). The lowest BCUT2D eigenvalue weighted by atomic mass is 10.0. The average molecular weight is 344 g/mol. The van der Waals surface area contributed by atoms with E-state index in [1.807, 2.05) is 6.07 Å². The second kappa shape index (κ2) is 6.52. The lowest BCUT2D eigenvalue weighted by Gasteiger charge is -2.45. The van der Waals surface area contributed by atoms with Crippen LogP contribution in [0.2, 0.25) is 0 Å². The molecule has 1 aromatic rings. The molecule has 20 heavy (non-hydrogen) atoms. The summed E-state index contributed by atoms with van der Waals surface area (Å²) in [5, 5.41) is 0. The van der Waals surface area contributed by atoms with Crippen molar-refractivity contribution < 1.29 is 4.39 Å². The van der Waals surface area contributed by atoms with Gasteiger partial charge < -0.3 is 5.73 Å². The SMILES string of the molecule is CC1CN(C(CN)c2ccc(F)cc2Br)CC(C)N1C. The van der Waals surface area contributed by atoms with Crippen molar-refractivity contribution in [1.29, 1.82) is 0 Å².